The molecule has 0 spiro atoms. The summed E-state index contributed by atoms with van der Waals surface area (Å²) < 4.78 is 8.70. The highest BCUT2D eigenvalue weighted by Crippen LogP contribution is 2.45. The number of rotatable bonds is 1. The Bertz CT molecular complexity index is 817. The minimum atomic E-state index is 0.875. The van der Waals surface area contributed by atoms with E-state index in [2.05, 4.69) is 40.0 Å². The minimum Gasteiger partial charge on any atom is -0.497 e. The van der Waals surface area contributed by atoms with Crippen LogP contribution >= 0.6 is 11.9 Å². The normalized spacial score (nSPS) is 12.4. The van der Waals surface area contributed by atoms with Gasteiger partial charge in [-0.15, -0.1) is 0 Å². The van der Waals surface area contributed by atoms with Gasteiger partial charge in [-0.3, -0.25) is 4.98 Å². The second-order valence-corrected chi connectivity index (χ2v) is 5.48. The van der Waals surface area contributed by atoms with Crippen LogP contribution in [0.4, 0.5) is 5.69 Å². The van der Waals surface area contributed by atoms with Gasteiger partial charge in [0.15, 0.2) is 0 Å². The van der Waals surface area contributed by atoms with Gasteiger partial charge in [-0.1, -0.05) is 18.2 Å². The third-order valence-corrected chi connectivity index (χ3v) is 4.38. The summed E-state index contributed by atoms with van der Waals surface area (Å²) >= 11 is 1.61. The number of hydrogen-bond acceptors (Lipinski definition) is 4. The molecule has 1 aliphatic rings. The monoisotopic (exact) mass is 280 g/mol. The third kappa shape index (κ3) is 1.65. The Morgan fingerprint density at radius 1 is 1.10 bits per heavy atom. The number of nitrogens with one attached hydrogen (secondary N) is 1. The van der Waals surface area contributed by atoms with Crippen LogP contribution < -0.4 is 9.46 Å². The topological polar surface area (TPSA) is 34.1 Å². The molecule has 4 rings (SSSR count). The molecule has 3 nitrogen and oxygen atoms in total. The van der Waals surface area contributed by atoms with Gasteiger partial charge in [-0.25, -0.2) is 0 Å². The van der Waals surface area contributed by atoms with E-state index in [0.29, 0.717) is 0 Å². The Morgan fingerprint density at radius 2 is 2.00 bits per heavy atom. The first-order valence-corrected chi connectivity index (χ1v) is 7.17. The minimum absolute atomic E-state index is 0.875. The van der Waals surface area contributed by atoms with Crippen LogP contribution in [0.25, 0.3) is 22.0 Å². The Labute approximate surface area is 121 Å². The van der Waals surface area contributed by atoms with E-state index in [1.54, 1.807) is 19.1 Å². The zero-order chi connectivity index (χ0) is 13.5. The van der Waals surface area contributed by atoms with Crippen molar-refractivity contribution >= 4 is 28.5 Å². The molecule has 20 heavy (non-hydrogen) atoms. The molecule has 98 valence electrons. The second kappa shape index (κ2) is 4.42. The van der Waals surface area contributed by atoms with Crippen molar-refractivity contribution < 1.29 is 4.74 Å². The lowest BCUT2D eigenvalue weighted by atomic mass is 10.0. The number of ether oxygens (including phenoxy) is 1. The molecule has 0 atom stereocenters. The van der Waals surface area contributed by atoms with Gasteiger partial charge in [0.2, 0.25) is 0 Å². The summed E-state index contributed by atoms with van der Waals surface area (Å²) in [6.45, 7) is 0. The van der Waals surface area contributed by atoms with Gasteiger partial charge >= 0.3 is 0 Å². The standard InChI is InChI=1S/C16H12N2OS/c1-19-11-5-7-12-13-6-4-10-3-2-8-17-15(10)16(13)18-20-14(12)9-11/h2-9,18H,1H3. The molecule has 0 radical (unpaired) electrons. The fourth-order valence-corrected chi connectivity index (χ4v) is 3.40. The summed E-state index contributed by atoms with van der Waals surface area (Å²) in [6, 6.07) is 14.5. The molecule has 0 unspecified atom stereocenters. The highest BCUT2D eigenvalue weighted by Gasteiger charge is 2.19. The van der Waals surface area contributed by atoms with Gasteiger partial charge in [-0.2, -0.15) is 0 Å². The largest absolute Gasteiger partial charge is 0.497 e. The number of benzene rings is 2. The number of anilines is 1. The molecule has 3 aromatic rings. The zero-order valence-corrected chi connectivity index (χ0v) is 11.7. The van der Waals surface area contributed by atoms with Crippen molar-refractivity contribution in [3.05, 3.63) is 48.7 Å². The molecular weight excluding hydrogens is 268 g/mol. The van der Waals surface area contributed by atoms with Crippen molar-refractivity contribution in [1.82, 2.24) is 4.98 Å². The van der Waals surface area contributed by atoms with Crippen molar-refractivity contribution in [1.29, 1.82) is 0 Å². The van der Waals surface area contributed by atoms with Gasteiger partial charge < -0.3 is 9.46 Å². The predicted molar refractivity (Wildman–Crippen MR) is 83.2 cm³/mol. The summed E-state index contributed by atoms with van der Waals surface area (Å²) in [4.78, 5) is 5.67. The van der Waals surface area contributed by atoms with E-state index in [0.717, 1.165) is 22.3 Å². The molecule has 1 aliphatic heterocycles. The van der Waals surface area contributed by atoms with E-state index in [9.17, 15) is 0 Å². The quantitative estimate of drug-likeness (QED) is 0.672. The number of methoxy groups -OCH3 is 1. The maximum Gasteiger partial charge on any atom is 0.120 e. The smallest absolute Gasteiger partial charge is 0.120 e. The first-order chi connectivity index (χ1) is 9.86. The molecule has 2 heterocycles. The molecule has 1 N–H and O–H groups in total. The molecule has 0 fully saturated rings. The summed E-state index contributed by atoms with van der Waals surface area (Å²) in [5.74, 6) is 0.875. The fourth-order valence-electron chi connectivity index (χ4n) is 2.52. The average Bonchev–Trinajstić information content (AvgIpc) is 2.53. The highest BCUT2D eigenvalue weighted by molar-refractivity contribution is 8.00. The fraction of sp³-hybridized carbons (Fsp3) is 0.0625. The lowest BCUT2D eigenvalue weighted by Crippen LogP contribution is -2.00. The molecule has 0 saturated carbocycles. The summed E-state index contributed by atoms with van der Waals surface area (Å²) in [5, 5.41) is 1.15. The van der Waals surface area contributed by atoms with Crippen molar-refractivity contribution in [2.24, 2.45) is 0 Å². The van der Waals surface area contributed by atoms with Crippen LogP contribution in [-0.2, 0) is 0 Å². The first-order valence-electron chi connectivity index (χ1n) is 6.36. The van der Waals surface area contributed by atoms with E-state index in [-0.39, 0.29) is 0 Å². The van der Waals surface area contributed by atoms with Gasteiger partial charge in [0.1, 0.15) is 5.75 Å². The maximum atomic E-state index is 5.29. The number of hydrogen-bond donors (Lipinski definition) is 1. The number of pyridine rings is 1. The lowest BCUT2D eigenvalue weighted by Gasteiger charge is -2.22. The lowest BCUT2D eigenvalue weighted by molar-refractivity contribution is 0.414. The van der Waals surface area contributed by atoms with E-state index in [4.69, 9.17) is 4.74 Å². The van der Waals surface area contributed by atoms with Gasteiger partial charge in [0, 0.05) is 22.0 Å². The number of nitrogens with zero attached hydrogens (tertiary/aromatic N) is 1. The molecule has 4 heteroatoms. The van der Waals surface area contributed by atoms with Gasteiger partial charge in [0.05, 0.1) is 18.3 Å². The first kappa shape index (κ1) is 11.6. The van der Waals surface area contributed by atoms with Crippen molar-refractivity contribution in [3.8, 4) is 16.9 Å². The second-order valence-electron chi connectivity index (χ2n) is 4.63. The van der Waals surface area contributed by atoms with Crippen LogP contribution in [0.5, 0.6) is 5.75 Å². The molecule has 1 aromatic heterocycles. The van der Waals surface area contributed by atoms with E-state index in [1.165, 1.54) is 16.0 Å². The Balaban J connectivity index is 1.99. The average molecular weight is 280 g/mol. The molecular formula is C16H12N2OS. The third-order valence-electron chi connectivity index (χ3n) is 3.52. The van der Waals surface area contributed by atoms with Crippen LogP contribution in [0, 0.1) is 0 Å². The number of aromatic nitrogens is 1. The van der Waals surface area contributed by atoms with Crippen molar-refractivity contribution in [3.63, 3.8) is 0 Å². The van der Waals surface area contributed by atoms with Crippen LogP contribution in [0.15, 0.2) is 53.6 Å². The molecule has 0 amide bonds. The van der Waals surface area contributed by atoms with Crippen LogP contribution in [0.1, 0.15) is 0 Å². The molecule has 0 aliphatic carbocycles. The van der Waals surface area contributed by atoms with Crippen LogP contribution in [0.3, 0.4) is 0 Å². The van der Waals surface area contributed by atoms with Gasteiger partial charge in [-0.05, 0) is 41.8 Å². The molecule has 2 aromatic carbocycles. The van der Waals surface area contributed by atoms with Crippen LogP contribution in [-0.4, -0.2) is 12.1 Å². The van der Waals surface area contributed by atoms with E-state index < -0.39 is 0 Å². The number of fused-ring (bicyclic) bond motifs is 5. The molecule has 0 saturated heterocycles. The van der Waals surface area contributed by atoms with Gasteiger partial charge in [0.25, 0.3) is 0 Å². The van der Waals surface area contributed by atoms with Crippen molar-refractivity contribution in [2.75, 3.05) is 11.8 Å². The summed E-state index contributed by atoms with van der Waals surface area (Å²) in [5.41, 5.74) is 4.51. The van der Waals surface area contributed by atoms with Crippen LogP contribution in [0.2, 0.25) is 0 Å². The van der Waals surface area contributed by atoms with E-state index >= 15 is 0 Å². The molecule has 0 bridgehead atoms. The van der Waals surface area contributed by atoms with Crippen molar-refractivity contribution in [2.45, 2.75) is 4.90 Å². The summed E-state index contributed by atoms with van der Waals surface area (Å²) in [7, 11) is 1.69. The Hall–Kier alpha value is -2.20. The summed E-state index contributed by atoms with van der Waals surface area (Å²) in [6.07, 6.45) is 1.83. The zero-order valence-electron chi connectivity index (χ0n) is 10.9. The highest BCUT2D eigenvalue weighted by atomic mass is 32.2. The van der Waals surface area contributed by atoms with E-state index in [1.807, 2.05) is 18.3 Å². The Kier molecular flexibility index (Phi) is 2.57. The predicted octanol–water partition coefficient (Wildman–Crippen LogP) is 4.34. The maximum absolute atomic E-state index is 5.29. The SMILES string of the molecule is COc1ccc2c(c1)SNc1c-2ccc2cccnc12. The Morgan fingerprint density at radius 3 is 2.90 bits per heavy atom.